The fourth-order valence-corrected chi connectivity index (χ4v) is 2.99. The zero-order valence-electron chi connectivity index (χ0n) is 13.3. The van der Waals surface area contributed by atoms with E-state index in [9.17, 15) is 22.4 Å². The molecule has 0 fully saturated rings. The number of aryl methyl sites for hydroxylation is 1. The van der Waals surface area contributed by atoms with Crippen molar-refractivity contribution in [3.8, 4) is 0 Å². The topological polar surface area (TPSA) is 46.9 Å². The van der Waals surface area contributed by atoms with Crippen LogP contribution in [-0.4, -0.2) is 15.5 Å². The van der Waals surface area contributed by atoms with Crippen LogP contribution in [0.3, 0.4) is 0 Å². The molecule has 4 nitrogen and oxygen atoms in total. The molecular weight excluding hydrogens is 370 g/mol. The van der Waals surface area contributed by atoms with Gasteiger partial charge in [0.05, 0.1) is 5.69 Å². The van der Waals surface area contributed by atoms with Crippen LogP contribution in [0.4, 0.5) is 23.2 Å². The second-order valence-electron chi connectivity index (χ2n) is 5.27. The Kier molecular flexibility index (Phi) is 4.99. The van der Waals surface area contributed by atoms with Gasteiger partial charge in [0.15, 0.2) is 22.6 Å². The van der Waals surface area contributed by atoms with Gasteiger partial charge in [0.1, 0.15) is 5.82 Å². The fourth-order valence-electron chi connectivity index (χ4n) is 2.12. The minimum Gasteiger partial charge on any atom is -0.329 e. The van der Waals surface area contributed by atoms with Crippen LogP contribution in [-0.2, 0) is 7.05 Å². The first-order valence-corrected chi connectivity index (χ1v) is 8.07. The molecule has 0 bridgehead atoms. The van der Waals surface area contributed by atoms with E-state index in [1.165, 1.54) is 12.1 Å². The number of carbonyl (C=O) groups excluding carboxylic acids is 1. The maximum Gasteiger partial charge on any atom is 0.255 e. The highest BCUT2D eigenvalue weighted by Crippen LogP contribution is 2.33. The molecule has 1 amide bonds. The summed E-state index contributed by atoms with van der Waals surface area (Å²) in [7, 11) is 1.77. The van der Waals surface area contributed by atoms with Gasteiger partial charge in [0, 0.05) is 29.9 Å². The third kappa shape index (κ3) is 3.72. The molecule has 3 aromatic rings. The van der Waals surface area contributed by atoms with Gasteiger partial charge in [-0.2, -0.15) is 0 Å². The minimum atomic E-state index is -1.67. The van der Waals surface area contributed by atoms with Gasteiger partial charge in [-0.25, -0.2) is 22.5 Å². The molecule has 0 unspecified atom stereocenters. The Morgan fingerprint density at radius 3 is 2.42 bits per heavy atom. The monoisotopic (exact) mass is 381 g/mol. The quantitative estimate of drug-likeness (QED) is 0.539. The molecule has 0 atom stereocenters. The summed E-state index contributed by atoms with van der Waals surface area (Å²) < 4.78 is 55.0. The molecule has 0 saturated carbocycles. The van der Waals surface area contributed by atoms with Crippen molar-refractivity contribution in [2.24, 2.45) is 7.05 Å². The van der Waals surface area contributed by atoms with Gasteiger partial charge >= 0.3 is 0 Å². The number of rotatable bonds is 4. The summed E-state index contributed by atoms with van der Waals surface area (Å²) in [5, 5.41) is 2.97. The molecule has 1 heterocycles. The van der Waals surface area contributed by atoms with Crippen LogP contribution in [0.5, 0.6) is 0 Å². The summed E-state index contributed by atoms with van der Waals surface area (Å²) >= 11 is 1.16. The Balaban J connectivity index is 1.90. The van der Waals surface area contributed by atoms with E-state index in [4.69, 9.17) is 0 Å². The van der Waals surface area contributed by atoms with Gasteiger partial charge < -0.3 is 9.88 Å². The van der Waals surface area contributed by atoms with Gasteiger partial charge in [-0.05, 0) is 42.1 Å². The summed E-state index contributed by atoms with van der Waals surface area (Å²) in [6, 6.07) is 4.85. The van der Waals surface area contributed by atoms with E-state index in [-0.39, 0.29) is 5.69 Å². The number of hydrogen-bond donors (Lipinski definition) is 1. The Labute approximate surface area is 149 Å². The molecule has 1 N–H and O–H groups in total. The standard InChI is InChI=1S/C17H11F4N3OS/c1-24-5-4-22-17(24)26-14-3-2-10(18)8-13(14)23-16(25)9-6-11(19)15(21)12(20)7-9/h2-8H,1H3,(H,23,25). The second-order valence-corrected chi connectivity index (χ2v) is 6.28. The van der Waals surface area contributed by atoms with Gasteiger partial charge in [-0.1, -0.05) is 0 Å². The molecule has 0 spiro atoms. The molecular formula is C17H11F4N3OS. The number of nitrogens with one attached hydrogen (secondary N) is 1. The molecule has 3 rings (SSSR count). The molecule has 0 radical (unpaired) electrons. The number of anilines is 1. The molecule has 0 saturated heterocycles. The van der Waals surface area contributed by atoms with E-state index in [0.29, 0.717) is 22.2 Å². The van der Waals surface area contributed by atoms with Crippen LogP contribution in [0.1, 0.15) is 10.4 Å². The van der Waals surface area contributed by atoms with E-state index >= 15 is 0 Å². The number of amides is 1. The fraction of sp³-hybridized carbons (Fsp3) is 0.0588. The van der Waals surface area contributed by atoms with Crippen LogP contribution < -0.4 is 5.32 Å². The Hall–Kier alpha value is -2.81. The minimum absolute atomic E-state index is 0.0909. The van der Waals surface area contributed by atoms with Crippen LogP contribution >= 0.6 is 11.8 Å². The SMILES string of the molecule is Cn1ccnc1Sc1ccc(F)cc1NC(=O)c1cc(F)c(F)c(F)c1. The lowest BCUT2D eigenvalue weighted by atomic mass is 10.2. The van der Waals surface area contributed by atoms with Crippen molar-refractivity contribution in [1.82, 2.24) is 9.55 Å². The lowest BCUT2D eigenvalue weighted by Crippen LogP contribution is -2.14. The zero-order valence-corrected chi connectivity index (χ0v) is 14.1. The summed E-state index contributed by atoms with van der Waals surface area (Å²) in [4.78, 5) is 16.8. The van der Waals surface area contributed by atoms with Crippen molar-refractivity contribution in [3.05, 3.63) is 71.6 Å². The molecule has 1 aromatic heterocycles. The third-order valence-electron chi connectivity index (χ3n) is 3.41. The van der Waals surface area contributed by atoms with Crippen LogP contribution in [0, 0.1) is 23.3 Å². The number of halogens is 4. The van der Waals surface area contributed by atoms with E-state index in [0.717, 1.165) is 17.8 Å². The van der Waals surface area contributed by atoms with E-state index in [1.807, 2.05) is 0 Å². The summed E-state index contributed by atoms with van der Waals surface area (Å²) in [6.45, 7) is 0. The highest BCUT2D eigenvalue weighted by Gasteiger charge is 2.17. The molecule has 26 heavy (non-hydrogen) atoms. The molecule has 9 heteroatoms. The van der Waals surface area contributed by atoms with E-state index in [1.54, 1.807) is 24.0 Å². The van der Waals surface area contributed by atoms with E-state index < -0.39 is 34.7 Å². The summed E-state index contributed by atoms with van der Waals surface area (Å²) in [6.07, 6.45) is 3.29. The molecule has 134 valence electrons. The second kappa shape index (κ2) is 7.20. The maximum atomic E-state index is 13.6. The predicted molar refractivity (Wildman–Crippen MR) is 88.0 cm³/mol. The lowest BCUT2D eigenvalue weighted by Gasteiger charge is -2.11. The first kappa shape index (κ1) is 18.0. The Bertz CT molecular complexity index is 967. The predicted octanol–water partition coefficient (Wildman–Crippen LogP) is 4.38. The molecule has 0 aliphatic carbocycles. The van der Waals surface area contributed by atoms with Gasteiger partial charge in [-0.15, -0.1) is 0 Å². The third-order valence-corrected chi connectivity index (χ3v) is 4.57. The van der Waals surface area contributed by atoms with Crippen LogP contribution in [0.2, 0.25) is 0 Å². The zero-order chi connectivity index (χ0) is 18.8. The molecule has 0 aliphatic heterocycles. The number of benzene rings is 2. The summed E-state index contributed by atoms with van der Waals surface area (Å²) in [5.74, 6) is -6.16. The van der Waals surface area contributed by atoms with Crippen LogP contribution in [0.15, 0.2) is 52.8 Å². The van der Waals surface area contributed by atoms with Crippen molar-refractivity contribution >= 4 is 23.4 Å². The number of nitrogens with zero attached hydrogens (tertiary/aromatic N) is 2. The smallest absolute Gasteiger partial charge is 0.255 e. The van der Waals surface area contributed by atoms with Crippen molar-refractivity contribution in [3.63, 3.8) is 0 Å². The highest BCUT2D eigenvalue weighted by atomic mass is 32.2. The first-order valence-electron chi connectivity index (χ1n) is 7.26. The number of carbonyl (C=O) groups is 1. The normalized spacial score (nSPS) is 10.8. The number of imidazole rings is 1. The number of hydrogen-bond acceptors (Lipinski definition) is 3. The number of aromatic nitrogens is 2. The Morgan fingerprint density at radius 1 is 1.12 bits per heavy atom. The Morgan fingerprint density at radius 2 is 1.81 bits per heavy atom. The lowest BCUT2D eigenvalue weighted by molar-refractivity contribution is 0.102. The first-order chi connectivity index (χ1) is 12.3. The highest BCUT2D eigenvalue weighted by molar-refractivity contribution is 7.99. The molecule has 2 aromatic carbocycles. The van der Waals surface area contributed by atoms with Gasteiger partial charge in [-0.3, -0.25) is 4.79 Å². The van der Waals surface area contributed by atoms with Crippen molar-refractivity contribution in [1.29, 1.82) is 0 Å². The van der Waals surface area contributed by atoms with Crippen LogP contribution in [0.25, 0.3) is 0 Å². The average molecular weight is 381 g/mol. The molecule has 0 aliphatic rings. The summed E-state index contributed by atoms with van der Waals surface area (Å²) in [5.41, 5.74) is -0.341. The van der Waals surface area contributed by atoms with Crippen molar-refractivity contribution in [2.45, 2.75) is 10.1 Å². The van der Waals surface area contributed by atoms with Gasteiger partial charge in [0.2, 0.25) is 0 Å². The van der Waals surface area contributed by atoms with Gasteiger partial charge in [0.25, 0.3) is 5.91 Å². The van der Waals surface area contributed by atoms with Crippen molar-refractivity contribution < 1.29 is 22.4 Å². The average Bonchev–Trinajstić information content (AvgIpc) is 2.99. The van der Waals surface area contributed by atoms with E-state index in [2.05, 4.69) is 10.3 Å². The largest absolute Gasteiger partial charge is 0.329 e. The maximum absolute atomic E-state index is 13.6. The van der Waals surface area contributed by atoms with Crippen molar-refractivity contribution in [2.75, 3.05) is 5.32 Å².